The van der Waals surface area contributed by atoms with Crippen molar-refractivity contribution in [3.8, 4) is 0 Å². The molecule has 0 unspecified atom stereocenters. The lowest BCUT2D eigenvalue weighted by Gasteiger charge is -2.24. The lowest BCUT2D eigenvalue weighted by molar-refractivity contribution is -0.156. The Labute approximate surface area is 96.1 Å². The van der Waals surface area contributed by atoms with Gasteiger partial charge in [0.1, 0.15) is 24.4 Å². The molecule has 0 heterocycles. The number of carbonyl (C=O) groups is 3. The van der Waals surface area contributed by atoms with Crippen LogP contribution in [0.3, 0.4) is 0 Å². The first-order chi connectivity index (χ1) is 7.73. The van der Waals surface area contributed by atoms with Crippen LogP contribution in [0.15, 0.2) is 0 Å². The summed E-state index contributed by atoms with van der Waals surface area (Å²) in [7, 11) is 0. The van der Waals surface area contributed by atoms with Gasteiger partial charge in [-0.3, -0.25) is 14.4 Å². The zero-order chi connectivity index (χ0) is 13.7. The van der Waals surface area contributed by atoms with E-state index >= 15 is 0 Å². The molecule has 17 heavy (non-hydrogen) atoms. The van der Waals surface area contributed by atoms with Gasteiger partial charge in [-0.05, 0) is 0 Å². The second-order valence-corrected chi connectivity index (χ2v) is 3.43. The predicted octanol–water partition coefficient (Wildman–Crippen LogP) is -3.85. The normalized spacial score (nSPS) is 18.0. The molecule has 8 heteroatoms. The third kappa shape index (κ3) is 3.95. The minimum Gasteiger partial charge on any atom is -0.394 e. The summed E-state index contributed by atoms with van der Waals surface area (Å²) in [6, 6.07) is 0. The van der Waals surface area contributed by atoms with E-state index in [1.807, 2.05) is 0 Å². The summed E-state index contributed by atoms with van der Waals surface area (Å²) in [5.41, 5.74) is 0. The van der Waals surface area contributed by atoms with Crippen LogP contribution in [-0.4, -0.2) is 73.9 Å². The van der Waals surface area contributed by atoms with E-state index in [9.17, 15) is 24.6 Å². The molecule has 5 N–H and O–H groups in total. The molecule has 8 nitrogen and oxygen atoms in total. The number of aliphatic hydroxyl groups is 5. The first-order valence-corrected chi connectivity index (χ1v) is 4.66. The molecule has 0 aromatic rings. The molecular weight excluding hydrogens is 236 g/mol. The van der Waals surface area contributed by atoms with Crippen molar-refractivity contribution in [2.24, 2.45) is 0 Å². The fraction of sp³-hybridized carbons (Fsp3) is 0.667. The van der Waals surface area contributed by atoms with E-state index in [4.69, 9.17) is 15.3 Å². The summed E-state index contributed by atoms with van der Waals surface area (Å²) >= 11 is 0. The Balaban J connectivity index is 4.70. The van der Waals surface area contributed by atoms with Gasteiger partial charge in [0.05, 0.1) is 6.61 Å². The van der Waals surface area contributed by atoms with E-state index in [1.165, 1.54) is 0 Å². The van der Waals surface area contributed by atoms with Crippen molar-refractivity contribution in [3.63, 3.8) is 0 Å². The third-order valence-corrected chi connectivity index (χ3v) is 2.07. The van der Waals surface area contributed by atoms with Crippen LogP contribution in [0.4, 0.5) is 0 Å². The van der Waals surface area contributed by atoms with Crippen molar-refractivity contribution in [2.45, 2.75) is 31.3 Å². The molecule has 0 aliphatic rings. The highest BCUT2D eigenvalue weighted by Crippen LogP contribution is 2.06. The maximum Gasteiger partial charge on any atom is 0.266 e. The molecule has 0 bridgehead atoms. The fourth-order valence-corrected chi connectivity index (χ4v) is 0.985. The summed E-state index contributed by atoms with van der Waals surface area (Å²) in [6.45, 7) is -0.113. The van der Waals surface area contributed by atoms with Crippen LogP contribution in [0.25, 0.3) is 0 Å². The van der Waals surface area contributed by atoms with Gasteiger partial charge >= 0.3 is 0 Å². The van der Waals surface area contributed by atoms with E-state index in [-0.39, 0.29) is 0 Å². The van der Waals surface area contributed by atoms with Crippen LogP contribution < -0.4 is 0 Å². The van der Waals surface area contributed by atoms with Crippen LogP contribution in [0.5, 0.6) is 0 Å². The van der Waals surface area contributed by atoms with Gasteiger partial charge in [0.25, 0.3) is 5.78 Å². The summed E-state index contributed by atoms with van der Waals surface area (Å²) in [5, 5.41) is 45.0. The van der Waals surface area contributed by atoms with Crippen LogP contribution >= 0.6 is 0 Å². The zero-order valence-corrected chi connectivity index (χ0v) is 8.98. The zero-order valence-electron chi connectivity index (χ0n) is 8.98. The first kappa shape index (κ1) is 15.8. The monoisotopic (exact) mass is 250 g/mol. The van der Waals surface area contributed by atoms with Gasteiger partial charge in [0.2, 0.25) is 11.6 Å². The Bertz CT molecular complexity index is 312. The van der Waals surface area contributed by atoms with Gasteiger partial charge in [-0.25, -0.2) is 0 Å². The van der Waals surface area contributed by atoms with Gasteiger partial charge in [-0.2, -0.15) is 0 Å². The Morgan fingerprint density at radius 2 is 1.47 bits per heavy atom. The van der Waals surface area contributed by atoms with E-state index in [2.05, 4.69) is 0 Å². The lowest BCUT2D eigenvalue weighted by atomic mass is 9.97. The van der Waals surface area contributed by atoms with E-state index in [0.29, 0.717) is 0 Å². The van der Waals surface area contributed by atoms with Crippen LogP contribution in [0, 0.1) is 0 Å². The number of ketones is 3. The lowest BCUT2D eigenvalue weighted by Crippen LogP contribution is -2.50. The number of hydrogen-bond acceptors (Lipinski definition) is 8. The maximum absolute atomic E-state index is 11.1. The minimum atomic E-state index is -2.34. The summed E-state index contributed by atoms with van der Waals surface area (Å²) < 4.78 is 0. The number of Topliss-reactive ketones (excluding diaryl/α,β-unsaturated/α-hetero) is 3. The van der Waals surface area contributed by atoms with Crippen molar-refractivity contribution < 1.29 is 39.9 Å². The standard InChI is InChI=1S/C9H14O8/c1-3(11)5(13)7(15)9(17)8(16)6(14)4(12)2-10/h4,6,8-10,12,14,16-17H,2H2,1H3/t4-,6-,8+,9-/m1/s1. The Morgan fingerprint density at radius 3 is 1.82 bits per heavy atom. The summed E-state index contributed by atoms with van der Waals surface area (Å²) in [5.74, 6) is -4.24. The molecule has 0 aromatic carbocycles. The molecule has 0 fully saturated rings. The molecule has 0 aliphatic carbocycles. The Kier molecular flexibility index (Phi) is 6.07. The largest absolute Gasteiger partial charge is 0.394 e. The first-order valence-electron chi connectivity index (χ1n) is 4.66. The highest BCUT2D eigenvalue weighted by atomic mass is 16.4. The molecule has 0 radical (unpaired) electrons. The highest BCUT2D eigenvalue weighted by molar-refractivity contribution is 6.64. The average Bonchev–Trinajstić information content (AvgIpc) is 2.32. The van der Waals surface area contributed by atoms with Crippen molar-refractivity contribution in [2.75, 3.05) is 6.61 Å². The SMILES string of the molecule is CC(=O)C(=O)C(=O)[C@@H](O)[C@@H](O)[C@H](O)[C@H](O)CO. The molecule has 0 aliphatic heterocycles. The van der Waals surface area contributed by atoms with Crippen LogP contribution in [-0.2, 0) is 14.4 Å². The molecule has 0 amide bonds. The second-order valence-electron chi connectivity index (χ2n) is 3.43. The molecular formula is C9H14O8. The minimum absolute atomic E-state index is 0.804. The number of carbonyl (C=O) groups excluding carboxylic acids is 3. The van der Waals surface area contributed by atoms with Crippen molar-refractivity contribution in [1.82, 2.24) is 0 Å². The van der Waals surface area contributed by atoms with Crippen molar-refractivity contribution in [3.05, 3.63) is 0 Å². The van der Waals surface area contributed by atoms with E-state index < -0.39 is 48.4 Å². The van der Waals surface area contributed by atoms with Gasteiger partial charge in [0.15, 0.2) is 0 Å². The average molecular weight is 250 g/mol. The Morgan fingerprint density at radius 1 is 1.00 bits per heavy atom. The van der Waals surface area contributed by atoms with Crippen LogP contribution in [0.1, 0.15) is 6.92 Å². The topological polar surface area (TPSA) is 152 Å². The molecule has 0 rings (SSSR count). The smallest absolute Gasteiger partial charge is 0.266 e. The predicted molar refractivity (Wildman–Crippen MR) is 51.8 cm³/mol. The summed E-state index contributed by atoms with van der Waals surface area (Å²) in [4.78, 5) is 32.5. The molecule has 0 aromatic heterocycles. The maximum atomic E-state index is 11.1. The molecule has 98 valence electrons. The van der Waals surface area contributed by atoms with E-state index in [1.54, 1.807) is 0 Å². The van der Waals surface area contributed by atoms with Crippen molar-refractivity contribution >= 4 is 17.3 Å². The molecule has 0 saturated carbocycles. The van der Waals surface area contributed by atoms with Gasteiger partial charge in [-0.15, -0.1) is 0 Å². The van der Waals surface area contributed by atoms with Gasteiger partial charge < -0.3 is 25.5 Å². The molecule has 0 spiro atoms. The van der Waals surface area contributed by atoms with Crippen molar-refractivity contribution in [1.29, 1.82) is 0 Å². The fourth-order valence-electron chi connectivity index (χ4n) is 0.985. The highest BCUT2D eigenvalue weighted by Gasteiger charge is 2.37. The molecule has 0 saturated heterocycles. The number of hydrogen-bond donors (Lipinski definition) is 5. The number of aliphatic hydroxyl groups excluding tert-OH is 5. The second kappa shape index (κ2) is 6.52. The third-order valence-electron chi connectivity index (χ3n) is 2.07. The summed E-state index contributed by atoms with van der Waals surface area (Å²) in [6.07, 6.45) is -8.35. The Hall–Kier alpha value is -1.19. The number of rotatable bonds is 7. The molecule has 4 atom stereocenters. The van der Waals surface area contributed by atoms with Crippen LogP contribution in [0.2, 0.25) is 0 Å². The van der Waals surface area contributed by atoms with Gasteiger partial charge in [-0.1, -0.05) is 0 Å². The quantitative estimate of drug-likeness (QED) is 0.227. The van der Waals surface area contributed by atoms with E-state index in [0.717, 1.165) is 6.92 Å². The van der Waals surface area contributed by atoms with Gasteiger partial charge in [0, 0.05) is 6.92 Å².